The molecule has 3 rings (SSSR count). The molecule has 3 atom stereocenters. The molecule has 0 saturated carbocycles. The third-order valence-corrected chi connectivity index (χ3v) is 6.65. The first-order valence-corrected chi connectivity index (χ1v) is 11.6. The molecule has 2 heterocycles. The van der Waals surface area contributed by atoms with Gasteiger partial charge in [-0.05, 0) is 53.8 Å². The molecule has 164 valence electrons. The van der Waals surface area contributed by atoms with Gasteiger partial charge in [0, 0.05) is 16.2 Å². The maximum atomic E-state index is 13.0. The molecule has 2 aromatic heterocycles. The highest BCUT2D eigenvalue weighted by atomic mass is 32.1. The lowest BCUT2D eigenvalue weighted by Crippen LogP contribution is -2.53. The van der Waals surface area contributed by atoms with Crippen LogP contribution in [0.5, 0.6) is 0 Å². The number of aliphatic hydroxyl groups is 1. The fourth-order valence-electron chi connectivity index (χ4n) is 3.28. The number of hydrogen-bond donors (Lipinski definition) is 4. The standard InChI is InChI=1S/C22H24N2O5S2/c25-15-7-5-14(6-8-15)11-19(22(28)29)24-21(27)18(12-16-3-1-9-30-16)23-20(26)13-17-4-2-10-31-17/h1-5,7-10,14,18-19,25H,6,11-13H2,(H,23,26)(H,24,27)(H,28,29)/t14?,18-,19-/m0/s1. The van der Waals surface area contributed by atoms with E-state index in [0.717, 1.165) is 9.75 Å². The molecule has 0 bridgehead atoms. The molecule has 0 fully saturated rings. The first-order chi connectivity index (χ1) is 14.9. The number of nitrogens with one attached hydrogen (secondary N) is 2. The van der Waals surface area contributed by atoms with Gasteiger partial charge in [-0.25, -0.2) is 4.79 Å². The average Bonchev–Trinajstić information content (AvgIpc) is 3.42. The van der Waals surface area contributed by atoms with Gasteiger partial charge in [-0.3, -0.25) is 9.59 Å². The second kappa shape index (κ2) is 10.9. The van der Waals surface area contributed by atoms with Crippen LogP contribution in [-0.2, 0) is 27.2 Å². The number of aliphatic carboxylic acids is 1. The fourth-order valence-corrected chi connectivity index (χ4v) is 4.74. The molecule has 9 heteroatoms. The summed E-state index contributed by atoms with van der Waals surface area (Å²) in [7, 11) is 0. The van der Waals surface area contributed by atoms with Crippen LogP contribution in [0.4, 0.5) is 0 Å². The van der Waals surface area contributed by atoms with Crippen LogP contribution >= 0.6 is 22.7 Å². The van der Waals surface area contributed by atoms with Gasteiger partial charge in [-0.1, -0.05) is 18.2 Å². The lowest BCUT2D eigenvalue weighted by molar-refractivity contribution is -0.142. The Morgan fingerprint density at radius 1 is 1.06 bits per heavy atom. The fraction of sp³-hybridized carbons (Fsp3) is 0.318. The lowest BCUT2D eigenvalue weighted by atomic mass is 9.92. The van der Waals surface area contributed by atoms with Crippen molar-refractivity contribution in [3.05, 3.63) is 68.8 Å². The second-order valence-electron chi connectivity index (χ2n) is 7.28. The summed E-state index contributed by atoms with van der Waals surface area (Å²) in [5, 5.41) is 28.2. The summed E-state index contributed by atoms with van der Waals surface area (Å²) in [6.45, 7) is 0. The van der Waals surface area contributed by atoms with Gasteiger partial charge in [0.15, 0.2) is 0 Å². The van der Waals surface area contributed by atoms with Crippen molar-refractivity contribution in [2.24, 2.45) is 5.92 Å². The van der Waals surface area contributed by atoms with E-state index in [1.165, 1.54) is 28.7 Å². The van der Waals surface area contributed by atoms with Crippen molar-refractivity contribution in [3.8, 4) is 0 Å². The summed E-state index contributed by atoms with van der Waals surface area (Å²) in [5.41, 5.74) is 0. The van der Waals surface area contributed by atoms with Crippen LogP contribution < -0.4 is 10.6 Å². The summed E-state index contributed by atoms with van der Waals surface area (Å²) in [4.78, 5) is 39.0. The Hall–Kier alpha value is -2.91. The normalized spacial score (nSPS) is 17.4. The van der Waals surface area contributed by atoms with E-state index >= 15 is 0 Å². The molecule has 7 nitrogen and oxygen atoms in total. The molecule has 2 aromatic rings. The molecular weight excluding hydrogens is 436 g/mol. The number of carbonyl (C=O) groups excluding carboxylic acids is 2. The number of thiophene rings is 2. The molecule has 0 aromatic carbocycles. The summed E-state index contributed by atoms with van der Waals surface area (Å²) >= 11 is 2.93. The molecule has 0 radical (unpaired) electrons. The predicted octanol–water partition coefficient (Wildman–Crippen LogP) is 3.06. The highest BCUT2D eigenvalue weighted by Crippen LogP contribution is 2.20. The first-order valence-electron chi connectivity index (χ1n) is 9.85. The quantitative estimate of drug-likeness (QED) is 0.435. The zero-order valence-corrected chi connectivity index (χ0v) is 18.3. The molecule has 0 spiro atoms. The Morgan fingerprint density at radius 3 is 2.35 bits per heavy atom. The molecule has 0 saturated heterocycles. The maximum Gasteiger partial charge on any atom is 0.326 e. The highest BCUT2D eigenvalue weighted by molar-refractivity contribution is 7.10. The van der Waals surface area contributed by atoms with E-state index in [0.29, 0.717) is 6.42 Å². The topological polar surface area (TPSA) is 116 Å². The van der Waals surface area contributed by atoms with Crippen LogP contribution in [-0.4, -0.2) is 40.1 Å². The van der Waals surface area contributed by atoms with Crippen molar-refractivity contribution in [1.29, 1.82) is 0 Å². The van der Waals surface area contributed by atoms with E-state index in [4.69, 9.17) is 0 Å². The molecule has 0 aliphatic heterocycles. The van der Waals surface area contributed by atoms with Crippen LogP contribution in [0.2, 0.25) is 0 Å². The first kappa shape index (κ1) is 22.8. The van der Waals surface area contributed by atoms with E-state index < -0.39 is 24.0 Å². The smallest absolute Gasteiger partial charge is 0.326 e. The molecule has 4 N–H and O–H groups in total. The zero-order chi connectivity index (χ0) is 22.2. The third kappa shape index (κ3) is 7.08. The zero-order valence-electron chi connectivity index (χ0n) is 16.7. The number of hydrogen-bond acceptors (Lipinski definition) is 6. The molecule has 2 amide bonds. The van der Waals surface area contributed by atoms with Gasteiger partial charge in [0.2, 0.25) is 11.8 Å². The molecule has 1 aliphatic rings. The van der Waals surface area contributed by atoms with Crippen molar-refractivity contribution in [3.63, 3.8) is 0 Å². The van der Waals surface area contributed by atoms with E-state index in [2.05, 4.69) is 10.6 Å². The van der Waals surface area contributed by atoms with Crippen molar-refractivity contribution >= 4 is 40.5 Å². The molecule has 31 heavy (non-hydrogen) atoms. The van der Waals surface area contributed by atoms with E-state index in [1.807, 2.05) is 35.0 Å². The van der Waals surface area contributed by atoms with Gasteiger partial charge in [0.05, 0.1) is 6.42 Å². The average molecular weight is 461 g/mol. The van der Waals surface area contributed by atoms with Crippen LogP contribution in [0.15, 0.2) is 59.0 Å². The number of allylic oxidation sites excluding steroid dienone is 3. The van der Waals surface area contributed by atoms with E-state index in [9.17, 15) is 24.6 Å². The summed E-state index contributed by atoms with van der Waals surface area (Å²) in [6, 6.07) is 5.46. The Bertz CT molecular complexity index is 951. The Morgan fingerprint density at radius 2 is 1.77 bits per heavy atom. The predicted molar refractivity (Wildman–Crippen MR) is 120 cm³/mol. The second-order valence-corrected chi connectivity index (χ2v) is 9.34. The number of carboxylic acid groups (broad SMARTS) is 1. The van der Waals surface area contributed by atoms with Crippen LogP contribution in [0.1, 0.15) is 22.6 Å². The monoisotopic (exact) mass is 460 g/mol. The summed E-state index contributed by atoms with van der Waals surface area (Å²) < 4.78 is 0. The van der Waals surface area contributed by atoms with Crippen molar-refractivity contribution < 1.29 is 24.6 Å². The Kier molecular flexibility index (Phi) is 8.02. The van der Waals surface area contributed by atoms with Gasteiger partial charge in [0.25, 0.3) is 0 Å². The SMILES string of the molecule is O=C(Cc1cccs1)N[C@@H](Cc1cccs1)C(=O)N[C@@H](CC1C=CC(O)=CC1)C(=O)O. The molecular formula is C22H24N2O5S2. The number of carbonyl (C=O) groups is 3. The van der Waals surface area contributed by atoms with Crippen LogP contribution in [0.25, 0.3) is 0 Å². The number of aliphatic hydroxyl groups excluding tert-OH is 1. The van der Waals surface area contributed by atoms with Gasteiger partial charge in [-0.2, -0.15) is 0 Å². The van der Waals surface area contributed by atoms with Gasteiger partial charge in [-0.15, -0.1) is 22.7 Å². The Balaban J connectivity index is 1.65. The van der Waals surface area contributed by atoms with E-state index in [-0.39, 0.29) is 36.8 Å². The van der Waals surface area contributed by atoms with Crippen molar-refractivity contribution in [2.45, 2.75) is 37.8 Å². The number of amides is 2. The Labute approximate surface area is 188 Å². The van der Waals surface area contributed by atoms with Crippen molar-refractivity contribution in [1.82, 2.24) is 10.6 Å². The van der Waals surface area contributed by atoms with Crippen LogP contribution in [0.3, 0.4) is 0 Å². The summed E-state index contributed by atoms with van der Waals surface area (Å²) in [6.07, 6.45) is 6.02. The third-order valence-electron chi connectivity index (χ3n) is 4.87. The minimum atomic E-state index is -1.14. The molecule has 1 aliphatic carbocycles. The van der Waals surface area contributed by atoms with Gasteiger partial charge in [0.1, 0.15) is 17.8 Å². The maximum absolute atomic E-state index is 13.0. The minimum absolute atomic E-state index is 0.110. The lowest BCUT2D eigenvalue weighted by Gasteiger charge is -2.23. The van der Waals surface area contributed by atoms with E-state index in [1.54, 1.807) is 12.2 Å². The summed E-state index contributed by atoms with van der Waals surface area (Å²) in [5.74, 6) is -1.92. The van der Waals surface area contributed by atoms with Gasteiger partial charge < -0.3 is 20.8 Å². The van der Waals surface area contributed by atoms with Crippen molar-refractivity contribution in [2.75, 3.05) is 0 Å². The molecule has 1 unspecified atom stereocenters. The largest absolute Gasteiger partial charge is 0.508 e. The highest BCUT2D eigenvalue weighted by Gasteiger charge is 2.29. The van der Waals surface area contributed by atoms with Crippen LogP contribution in [0, 0.1) is 5.92 Å². The number of carboxylic acids is 1. The minimum Gasteiger partial charge on any atom is -0.508 e. The van der Waals surface area contributed by atoms with Gasteiger partial charge >= 0.3 is 5.97 Å². The number of rotatable bonds is 10.